The van der Waals surface area contributed by atoms with Crippen molar-refractivity contribution < 1.29 is 0 Å². The Morgan fingerprint density at radius 3 is 2.81 bits per heavy atom. The first-order valence-corrected chi connectivity index (χ1v) is 6.33. The molecule has 1 rings (SSSR count). The maximum atomic E-state index is 6.17. The molecule has 0 aliphatic rings. The van der Waals surface area contributed by atoms with Crippen molar-refractivity contribution in [1.29, 1.82) is 0 Å². The zero-order valence-corrected chi connectivity index (χ0v) is 11.6. The molecule has 0 radical (unpaired) electrons. The van der Waals surface area contributed by atoms with Gasteiger partial charge in [-0.05, 0) is 30.5 Å². The third-order valence-corrected chi connectivity index (χ3v) is 3.35. The van der Waals surface area contributed by atoms with Gasteiger partial charge in [0.15, 0.2) is 0 Å². The zero-order valence-electron chi connectivity index (χ0n) is 9.26. The average Bonchev–Trinajstić information content (AvgIpc) is 2.26. The number of rotatable bonds is 5. The molecule has 0 spiro atoms. The van der Waals surface area contributed by atoms with E-state index < -0.39 is 0 Å². The van der Waals surface area contributed by atoms with E-state index >= 15 is 0 Å². The van der Waals surface area contributed by atoms with Gasteiger partial charge in [0.1, 0.15) is 0 Å². The Labute approximate surface area is 110 Å². The van der Waals surface area contributed by atoms with Gasteiger partial charge in [-0.25, -0.2) is 0 Å². The van der Waals surface area contributed by atoms with Gasteiger partial charge in [-0.2, -0.15) is 0 Å². The monoisotopic (exact) mass is 302 g/mol. The summed E-state index contributed by atoms with van der Waals surface area (Å²) in [5.74, 6) is 5.55. The van der Waals surface area contributed by atoms with Gasteiger partial charge >= 0.3 is 0 Å². The van der Waals surface area contributed by atoms with Crippen molar-refractivity contribution in [2.45, 2.75) is 25.8 Å². The first-order chi connectivity index (χ1) is 7.58. The van der Waals surface area contributed by atoms with Gasteiger partial charge in [0, 0.05) is 9.50 Å². The molecule has 1 atom stereocenters. The van der Waals surface area contributed by atoms with E-state index in [2.05, 4.69) is 34.9 Å². The van der Waals surface area contributed by atoms with Gasteiger partial charge in [-0.3, -0.25) is 11.3 Å². The van der Waals surface area contributed by atoms with Crippen LogP contribution in [0.2, 0.25) is 5.02 Å². The Morgan fingerprint density at radius 2 is 2.31 bits per heavy atom. The van der Waals surface area contributed by atoms with E-state index in [0.29, 0.717) is 5.02 Å². The quantitative estimate of drug-likeness (QED) is 0.491. The standard InChI is InChI=1S/C12H16BrClN2/c1-3-8(2)6-12(16-15)10-5-4-9(13)7-11(10)14/h4-5,7,12,16H,2-3,6,15H2,1H3. The van der Waals surface area contributed by atoms with E-state index in [-0.39, 0.29) is 6.04 Å². The van der Waals surface area contributed by atoms with Crippen molar-refractivity contribution in [2.75, 3.05) is 0 Å². The molecule has 0 aliphatic carbocycles. The molecule has 1 aromatic rings. The normalized spacial score (nSPS) is 12.5. The summed E-state index contributed by atoms with van der Waals surface area (Å²) < 4.78 is 0.964. The van der Waals surface area contributed by atoms with Crippen LogP contribution in [0.5, 0.6) is 0 Å². The van der Waals surface area contributed by atoms with E-state index in [4.69, 9.17) is 17.4 Å². The highest BCUT2D eigenvalue weighted by atomic mass is 79.9. The summed E-state index contributed by atoms with van der Waals surface area (Å²) in [7, 11) is 0. The summed E-state index contributed by atoms with van der Waals surface area (Å²) in [4.78, 5) is 0. The molecule has 0 bridgehead atoms. The van der Waals surface area contributed by atoms with Crippen molar-refractivity contribution in [1.82, 2.24) is 5.43 Å². The molecular formula is C12H16BrClN2. The summed E-state index contributed by atoms with van der Waals surface area (Å²) >= 11 is 9.55. The molecule has 0 aromatic heterocycles. The molecule has 0 fully saturated rings. The fourth-order valence-corrected chi connectivity index (χ4v) is 2.28. The van der Waals surface area contributed by atoms with Crippen LogP contribution in [-0.2, 0) is 0 Å². The van der Waals surface area contributed by atoms with Crippen molar-refractivity contribution in [3.63, 3.8) is 0 Å². The topological polar surface area (TPSA) is 38.0 Å². The number of halogens is 2. The fourth-order valence-electron chi connectivity index (χ4n) is 1.48. The Hall–Kier alpha value is -0.350. The second-order valence-electron chi connectivity index (χ2n) is 3.69. The molecule has 0 aliphatic heterocycles. The van der Waals surface area contributed by atoms with Crippen LogP contribution in [0.1, 0.15) is 31.4 Å². The van der Waals surface area contributed by atoms with Gasteiger partial charge in [-0.1, -0.05) is 52.7 Å². The number of nitrogens with two attached hydrogens (primary N) is 1. The van der Waals surface area contributed by atoms with Crippen molar-refractivity contribution in [3.05, 3.63) is 45.4 Å². The van der Waals surface area contributed by atoms with Crippen LogP contribution in [0, 0.1) is 0 Å². The van der Waals surface area contributed by atoms with E-state index in [1.165, 1.54) is 0 Å². The van der Waals surface area contributed by atoms with E-state index in [1.807, 2.05) is 18.2 Å². The summed E-state index contributed by atoms with van der Waals surface area (Å²) in [5, 5.41) is 0.709. The van der Waals surface area contributed by atoms with Crippen LogP contribution in [0.15, 0.2) is 34.8 Å². The molecular weight excluding hydrogens is 288 g/mol. The Bertz CT molecular complexity index is 379. The molecule has 1 aromatic carbocycles. The predicted octanol–water partition coefficient (Wildman–Crippen LogP) is 3.96. The molecule has 1 unspecified atom stereocenters. The van der Waals surface area contributed by atoms with Gasteiger partial charge in [0.25, 0.3) is 0 Å². The zero-order chi connectivity index (χ0) is 12.1. The smallest absolute Gasteiger partial charge is 0.0511 e. The summed E-state index contributed by atoms with van der Waals surface area (Å²) in [6.07, 6.45) is 1.75. The largest absolute Gasteiger partial charge is 0.271 e. The first kappa shape index (κ1) is 13.7. The average molecular weight is 304 g/mol. The minimum Gasteiger partial charge on any atom is -0.271 e. The third kappa shape index (κ3) is 3.59. The molecule has 88 valence electrons. The van der Waals surface area contributed by atoms with E-state index in [9.17, 15) is 0 Å². The van der Waals surface area contributed by atoms with Crippen molar-refractivity contribution >= 4 is 27.5 Å². The van der Waals surface area contributed by atoms with Crippen LogP contribution in [0.3, 0.4) is 0 Å². The van der Waals surface area contributed by atoms with Crippen molar-refractivity contribution in [3.8, 4) is 0 Å². The van der Waals surface area contributed by atoms with Crippen LogP contribution in [0.25, 0.3) is 0 Å². The minimum atomic E-state index is 0.0213. The number of hydrazine groups is 1. The molecule has 0 saturated carbocycles. The van der Waals surface area contributed by atoms with Crippen LogP contribution in [0.4, 0.5) is 0 Å². The van der Waals surface area contributed by atoms with E-state index in [0.717, 1.165) is 28.5 Å². The minimum absolute atomic E-state index is 0.0213. The number of nitrogens with one attached hydrogen (secondary N) is 1. The lowest BCUT2D eigenvalue weighted by molar-refractivity contribution is 0.545. The highest BCUT2D eigenvalue weighted by Crippen LogP contribution is 2.29. The second-order valence-corrected chi connectivity index (χ2v) is 5.02. The van der Waals surface area contributed by atoms with Gasteiger partial charge in [0.2, 0.25) is 0 Å². The van der Waals surface area contributed by atoms with Gasteiger partial charge < -0.3 is 0 Å². The lowest BCUT2D eigenvalue weighted by Gasteiger charge is -2.18. The highest BCUT2D eigenvalue weighted by molar-refractivity contribution is 9.10. The Kier molecular flexibility index (Phi) is 5.49. The number of hydrogen-bond acceptors (Lipinski definition) is 2. The maximum Gasteiger partial charge on any atom is 0.0511 e. The second kappa shape index (κ2) is 6.40. The highest BCUT2D eigenvalue weighted by Gasteiger charge is 2.14. The molecule has 3 N–H and O–H groups in total. The molecule has 0 amide bonds. The molecule has 4 heteroatoms. The molecule has 2 nitrogen and oxygen atoms in total. The van der Waals surface area contributed by atoms with Crippen LogP contribution < -0.4 is 11.3 Å². The summed E-state index contributed by atoms with van der Waals surface area (Å²) in [6, 6.07) is 5.82. The Balaban J connectivity index is 2.90. The summed E-state index contributed by atoms with van der Waals surface area (Å²) in [6.45, 7) is 6.07. The summed E-state index contributed by atoms with van der Waals surface area (Å²) in [5.41, 5.74) is 4.94. The first-order valence-electron chi connectivity index (χ1n) is 5.16. The predicted molar refractivity (Wildman–Crippen MR) is 73.3 cm³/mol. The number of hydrogen-bond donors (Lipinski definition) is 2. The lowest BCUT2D eigenvalue weighted by Crippen LogP contribution is -2.28. The van der Waals surface area contributed by atoms with Gasteiger partial charge in [0.05, 0.1) is 6.04 Å². The van der Waals surface area contributed by atoms with Gasteiger partial charge in [-0.15, -0.1) is 0 Å². The Morgan fingerprint density at radius 1 is 1.62 bits per heavy atom. The molecule has 0 heterocycles. The molecule has 0 saturated heterocycles. The van der Waals surface area contributed by atoms with Crippen LogP contribution >= 0.6 is 27.5 Å². The third-order valence-electron chi connectivity index (χ3n) is 2.53. The SMILES string of the molecule is C=C(CC)CC(NN)c1ccc(Br)cc1Cl. The maximum absolute atomic E-state index is 6.17. The van der Waals surface area contributed by atoms with E-state index in [1.54, 1.807) is 0 Å². The fraction of sp³-hybridized carbons (Fsp3) is 0.333. The van der Waals surface area contributed by atoms with Crippen molar-refractivity contribution in [2.24, 2.45) is 5.84 Å². The molecule has 16 heavy (non-hydrogen) atoms. The number of benzene rings is 1. The van der Waals surface area contributed by atoms with Crippen LogP contribution in [-0.4, -0.2) is 0 Å². The lowest BCUT2D eigenvalue weighted by atomic mass is 9.99.